The summed E-state index contributed by atoms with van der Waals surface area (Å²) in [6.07, 6.45) is 2.35. The molecule has 1 atom stereocenters. The van der Waals surface area contributed by atoms with E-state index in [9.17, 15) is 14.0 Å². The van der Waals surface area contributed by atoms with Gasteiger partial charge in [0.2, 0.25) is 11.8 Å². The number of carbonyl (C=O) groups excluding carboxylic acids is 2. The number of benzene rings is 1. The number of hydrogen-bond donors (Lipinski definition) is 0. The molecule has 0 saturated carbocycles. The molecule has 0 bridgehead atoms. The van der Waals surface area contributed by atoms with Crippen molar-refractivity contribution in [2.75, 3.05) is 44.2 Å². The van der Waals surface area contributed by atoms with Crippen LogP contribution in [-0.4, -0.2) is 60.9 Å². The third-order valence-electron chi connectivity index (χ3n) is 5.13. The highest BCUT2D eigenvalue weighted by Gasteiger charge is 2.37. The van der Waals surface area contributed by atoms with Crippen molar-refractivity contribution in [3.05, 3.63) is 30.1 Å². The van der Waals surface area contributed by atoms with E-state index in [1.54, 1.807) is 12.1 Å². The Kier molecular flexibility index (Phi) is 5.56. The Bertz CT molecular complexity index is 629. The molecule has 0 spiro atoms. The molecule has 2 saturated heterocycles. The molecule has 25 heavy (non-hydrogen) atoms. The van der Waals surface area contributed by atoms with Gasteiger partial charge in [-0.05, 0) is 18.6 Å². The molecule has 6 heteroatoms. The van der Waals surface area contributed by atoms with E-state index >= 15 is 0 Å². The molecule has 136 valence electrons. The van der Waals surface area contributed by atoms with Crippen molar-refractivity contribution in [2.24, 2.45) is 5.92 Å². The van der Waals surface area contributed by atoms with Gasteiger partial charge in [-0.25, -0.2) is 4.39 Å². The number of likely N-dealkylation sites (tertiary alicyclic amines) is 1. The molecular formula is C19H26FN3O2. The SMILES string of the molecule is CCCCN1C[C@H](C(=O)N2CCN(c3ccccc3F)CC2)CC1=O. The van der Waals surface area contributed by atoms with Gasteiger partial charge in [0.25, 0.3) is 0 Å². The molecule has 0 aliphatic carbocycles. The molecule has 2 heterocycles. The Labute approximate surface area is 148 Å². The number of amides is 2. The normalized spacial score (nSPS) is 21.1. The molecule has 0 N–H and O–H groups in total. The molecule has 1 aromatic carbocycles. The number of hydrogen-bond acceptors (Lipinski definition) is 3. The van der Waals surface area contributed by atoms with Crippen molar-refractivity contribution in [1.82, 2.24) is 9.80 Å². The van der Waals surface area contributed by atoms with Crippen LogP contribution in [-0.2, 0) is 9.59 Å². The average molecular weight is 347 g/mol. The topological polar surface area (TPSA) is 43.9 Å². The average Bonchev–Trinajstić information content (AvgIpc) is 3.00. The summed E-state index contributed by atoms with van der Waals surface area (Å²) in [5, 5.41) is 0. The smallest absolute Gasteiger partial charge is 0.228 e. The lowest BCUT2D eigenvalue weighted by atomic mass is 10.1. The van der Waals surface area contributed by atoms with Crippen LogP contribution in [0.4, 0.5) is 10.1 Å². The number of piperazine rings is 1. The van der Waals surface area contributed by atoms with E-state index in [-0.39, 0.29) is 23.5 Å². The van der Waals surface area contributed by atoms with Crippen LogP contribution in [0.15, 0.2) is 24.3 Å². The second-order valence-electron chi connectivity index (χ2n) is 6.86. The highest BCUT2D eigenvalue weighted by atomic mass is 19.1. The summed E-state index contributed by atoms with van der Waals surface area (Å²) in [7, 11) is 0. The van der Waals surface area contributed by atoms with Crippen molar-refractivity contribution in [3.63, 3.8) is 0 Å². The first kappa shape index (κ1) is 17.7. The van der Waals surface area contributed by atoms with Gasteiger partial charge in [0, 0.05) is 45.7 Å². The summed E-state index contributed by atoms with van der Waals surface area (Å²) >= 11 is 0. The highest BCUT2D eigenvalue weighted by Crippen LogP contribution is 2.24. The molecule has 0 radical (unpaired) electrons. The zero-order chi connectivity index (χ0) is 17.8. The van der Waals surface area contributed by atoms with Crippen LogP contribution in [0.3, 0.4) is 0 Å². The van der Waals surface area contributed by atoms with Crippen LogP contribution in [0.5, 0.6) is 0 Å². The van der Waals surface area contributed by atoms with E-state index < -0.39 is 0 Å². The molecule has 5 nitrogen and oxygen atoms in total. The quantitative estimate of drug-likeness (QED) is 0.820. The van der Waals surface area contributed by atoms with Crippen molar-refractivity contribution in [2.45, 2.75) is 26.2 Å². The van der Waals surface area contributed by atoms with Crippen molar-refractivity contribution >= 4 is 17.5 Å². The lowest BCUT2D eigenvalue weighted by Crippen LogP contribution is -2.51. The first-order valence-electron chi connectivity index (χ1n) is 9.16. The van der Waals surface area contributed by atoms with E-state index in [0.29, 0.717) is 44.8 Å². The fourth-order valence-corrected chi connectivity index (χ4v) is 3.64. The minimum atomic E-state index is -0.227. The largest absolute Gasteiger partial charge is 0.366 e. The number of para-hydroxylation sites is 1. The fraction of sp³-hybridized carbons (Fsp3) is 0.579. The number of nitrogens with zero attached hydrogens (tertiary/aromatic N) is 3. The summed E-state index contributed by atoms with van der Waals surface area (Å²) in [5.41, 5.74) is 0.594. The maximum atomic E-state index is 13.9. The van der Waals surface area contributed by atoms with Gasteiger partial charge in [-0.15, -0.1) is 0 Å². The molecule has 2 aliphatic rings. The molecule has 2 aliphatic heterocycles. The Morgan fingerprint density at radius 3 is 2.60 bits per heavy atom. The number of unbranched alkanes of at least 4 members (excludes halogenated alkanes) is 1. The fourth-order valence-electron chi connectivity index (χ4n) is 3.64. The van der Waals surface area contributed by atoms with Gasteiger partial charge in [-0.3, -0.25) is 9.59 Å². The highest BCUT2D eigenvalue weighted by molar-refractivity contribution is 5.89. The molecule has 2 amide bonds. The lowest BCUT2D eigenvalue weighted by Gasteiger charge is -2.37. The minimum Gasteiger partial charge on any atom is -0.366 e. The van der Waals surface area contributed by atoms with Crippen LogP contribution < -0.4 is 4.90 Å². The zero-order valence-electron chi connectivity index (χ0n) is 14.8. The van der Waals surface area contributed by atoms with Gasteiger partial charge < -0.3 is 14.7 Å². The molecule has 2 fully saturated rings. The standard InChI is InChI=1S/C19H26FN3O2/c1-2-3-8-23-14-15(13-18(23)24)19(25)22-11-9-21(10-12-22)17-7-5-4-6-16(17)20/h4-7,15H,2-3,8-14H2,1H3/t15-/m1/s1. The summed E-state index contributed by atoms with van der Waals surface area (Å²) < 4.78 is 13.9. The van der Waals surface area contributed by atoms with Gasteiger partial charge in [0.1, 0.15) is 5.82 Å². The second-order valence-corrected chi connectivity index (χ2v) is 6.86. The minimum absolute atomic E-state index is 0.0699. The maximum absolute atomic E-state index is 13.9. The van der Waals surface area contributed by atoms with Crippen molar-refractivity contribution < 1.29 is 14.0 Å². The Balaban J connectivity index is 1.54. The lowest BCUT2D eigenvalue weighted by molar-refractivity contribution is -0.136. The van der Waals surface area contributed by atoms with Crippen LogP contribution in [0.2, 0.25) is 0 Å². The molecular weight excluding hydrogens is 321 g/mol. The Hall–Kier alpha value is -2.11. The summed E-state index contributed by atoms with van der Waals surface area (Å²) in [5.74, 6) is -0.281. The first-order chi connectivity index (χ1) is 12.1. The van der Waals surface area contributed by atoms with Gasteiger partial charge in [-0.1, -0.05) is 25.5 Å². The number of rotatable bonds is 5. The predicted octanol–water partition coefficient (Wildman–Crippen LogP) is 2.12. The molecule has 0 aromatic heterocycles. The first-order valence-corrected chi connectivity index (χ1v) is 9.16. The molecule has 0 unspecified atom stereocenters. The van der Waals surface area contributed by atoms with Gasteiger partial charge in [-0.2, -0.15) is 0 Å². The second kappa shape index (κ2) is 7.85. The van der Waals surface area contributed by atoms with E-state index in [1.165, 1.54) is 6.07 Å². The monoisotopic (exact) mass is 347 g/mol. The van der Waals surface area contributed by atoms with E-state index in [0.717, 1.165) is 19.4 Å². The number of halogens is 1. The van der Waals surface area contributed by atoms with Crippen molar-refractivity contribution in [3.8, 4) is 0 Å². The van der Waals surface area contributed by atoms with Crippen LogP contribution in [0.1, 0.15) is 26.2 Å². The number of anilines is 1. The molecule has 1 aromatic rings. The predicted molar refractivity (Wildman–Crippen MR) is 94.8 cm³/mol. The molecule has 3 rings (SSSR count). The van der Waals surface area contributed by atoms with E-state index in [2.05, 4.69) is 6.92 Å². The zero-order valence-corrected chi connectivity index (χ0v) is 14.8. The number of carbonyl (C=O) groups is 2. The van der Waals surface area contributed by atoms with Crippen LogP contribution >= 0.6 is 0 Å². The van der Waals surface area contributed by atoms with E-state index in [1.807, 2.05) is 20.8 Å². The maximum Gasteiger partial charge on any atom is 0.228 e. The van der Waals surface area contributed by atoms with Crippen molar-refractivity contribution in [1.29, 1.82) is 0 Å². The third-order valence-corrected chi connectivity index (χ3v) is 5.13. The van der Waals surface area contributed by atoms with Crippen LogP contribution in [0.25, 0.3) is 0 Å². The summed E-state index contributed by atoms with van der Waals surface area (Å²) in [6.45, 7) is 5.78. The van der Waals surface area contributed by atoms with Crippen LogP contribution in [0, 0.1) is 11.7 Å². The van der Waals surface area contributed by atoms with Gasteiger partial charge in [0.05, 0.1) is 11.6 Å². The van der Waals surface area contributed by atoms with Gasteiger partial charge in [0.15, 0.2) is 0 Å². The summed E-state index contributed by atoms with van der Waals surface area (Å²) in [6, 6.07) is 6.74. The third kappa shape index (κ3) is 3.94. The Morgan fingerprint density at radius 1 is 1.20 bits per heavy atom. The summed E-state index contributed by atoms with van der Waals surface area (Å²) in [4.78, 5) is 30.4. The van der Waals surface area contributed by atoms with E-state index in [4.69, 9.17) is 0 Å². The van der Waals surface area contributed by atoms with Gasteiger partial charge >= 0.3 is 0 Å². The Morgan fingerprint density at radius 2 is 1.92 bits per heavy atom.